The second-order valence-electron chi connectivity index (χ2n) is 3.88. The largest absolute Gasteiger partial charge is 0.489 e. The van der Waals surface area contributed by atoms with Crippen LogP contribution < -0.4 is 10.6 Å². The summed E-state index contributed by atoms with van der Waals surface area (Å²) in [5.74, 6) is 3.91. The van der Waals surface area contributed by atoms with Gasteiger partial charge >= 0.3 is 0 Å². The SMILES string of the molecule is NN=Cc1ccc(OCc2ccc(F)c(F)c2)cc1. The molecule has 0 heterocycles. The number of halogens is 2. The molecule has 3 nitrogen and oxygen atoms in total. The van der Waals surface area contributed by atoms with Crippen LogP contribution in [0.3, 0.4) is 0 Å². The van der Waals surface area contributed by atoms with E-state index in [4.69, 9.17) is 10.6 Å². The van der Waals surface area contributed by atoms with Gasteiger partial charge in [-0.1, -0.05) is 6.07 Å². The van der Waals surface area contributed by atoms with E-state index < -0.39 is 11.6 Å². The van der Waals surface area contributed by atoms with E-state index in [9.17, 15) is 8.78 Å². The molecule has 0 aliphatic heterocycles. The molecule has 0 unspecified atom stereocenters. The molecule has 0 radical (unpaired) electrons. The van der Waals surface area contributed by atoms with Crippen LogP contribution in [0.2, 0.25) is 0 Å². The van der Waals surface area contributed by atoms with Crippen LogP contribution in [0.4, 0.5) is 8.78 Å². The highest BCUT2D eigenvalue weighted by Gasteiger charge is 2.03. The topological polar surface area (TPSA) is 47.6 Å². The Labute approximate surface area is 109 Å². The van der Waals surface area contributed by atoms with Crippen molar-refractivity contribution in [1.29, 1.82) is 0 Å². The van der Waals surface area contributed by atoms with Gasteiger partial charge in [-0.3, -0.25) is 0 Å². The van der Waals surface area contributed by atoms with Gasteiger partial charge in [0.2, 0.25) is 0 Å². The van der Waals surface area contributed by atoms with Crippen molar-refractivity contribution in [2.24, 2.45) is 10.9 Å². The average Bonchev–Trinajstić information content (AvgIpc) is 2.42. The molecule has 0 amide bonds. The summed E-state index contributed by atoms with van der Waals surface area (Å²) in [6.45, 7) is 0.168. The van der Waals surface area contributed by atoms with E-state index >= 15 is 0 Å². The Morgan fingerprint density at radius 2 is 1.79 bits per heavy atom. The monoisotopic (exact) mass is 262 g/mol. The molecule has 0 aromatic heterocycles. The molecule has 2 aromatic rings. The Morgan fingerprint density at radius 3 is 2.42 bits per heavy atom. The summed E-state index contributed by atoms with van der Waals surface area (Å²) in [6, 6.07) is 10.7. The van der Waals surface area contributed by atoms with Crippen molar-refractivity contribution in [3.05, 3.63) is 65.2 Å². The predicted molar refractivity (Wildman–Crippen MR) is 68.9 cm³/mol. The summed E-state index contributed by atoms with van der Waals surface area (Å²) in [7, 11) is 0. The van der Waals surface area contributed by atoms with Crippen molar-refractivity contribution in [1.82, 2.24) is 0 Å². The highest BCUT2D eigenvalue weighted by Crippen LogP contribution is 2.15. The molecule has 0 saturated carbocycles. The van der Waals surface area contributed by atoms with E-state index in [0.717, 1.165) is 17.7 Å². The van der Waals surface area contributed by atoms with Crippen molar-refractivity contribution >= 4 is 6.21 Å². The molecule has 2 rings (SSSR count). The van der Waals surface area contributed by atoms with Gasteiger partial charge in [0.05, 0.1) is 6.21 Å². The summed E-state index contributed by atoms with van der Waals surface area (Å²) < 4.78 is 31.2. The molecule has 0 aliphatic carbocycles. The molecule has 0 atom stereocenters. The van der Waals surface area contributed by atoms with Gasteiger partial charge in [-0.2, -0.15) is 5.10 Å². The van der Waals surface area contributed by atoms with E-state index in [1.807, 2.05) is 0 Å². The zero-order chi connectivity index (χ0) is 13.7. The number of hydrogen-bond acceptors (Lipinski definition) is 3. The summed E-state index contributed by atoms with van der Waals surface area (Å²) in [4.78, 5) is 0. The molecular weight excluding hydrogens is 250 g/mol. The summed E-state index contributed by atoms with van der Waals surface area (Å²) in [5.41, 5.74) is 1.41. The Bertz CT molecular complexity index is 582. The number of nitrogens with two attached hydrogens (primary N) is 1. The molecule has 5 heteroatoms. The smallest absolute Gasteiger partial charge is 0.159 e. The van der Waals surface area contributed by atoms with Crippen LogP contribution in [0.5, 0.6) is 5.75 Å². The van der Waals surface area contributed by atoms with Crippen LogP contribution in [0.15, 0.2) is 47.6 Å². The van der Waals surface area contributed by atoms with Gasteiger partial charge in [-0.15, -0.1) is 0 Å². The number of benzene rings is 2. The number of hydrogen-bond donors (Lipinski definition) is 1. The number of hydrazone groups is 1. The highest BCUT2D eigenvalue weighted by molar-refractivity contribution is 5.79. The molecular formula is C14H12F2N2O. The van der Waals surface area contributed by atoms with Crippen LogP contribution in [-0.4, -0.2) is 6.21 Å². The minimum absolute atomic E-state index is 0.168. The lowest BCUT2D eigenvalue weighted by molar-refractivity contribution is 0.305. The number of nitrogens with zero attached hydrogens (tertiary/aromatic N) is 1. The molecule has 0 saturated heterocycles. The highest BCUT2D eigenvalue weighted by atomic mass is 19.2. The zero-order valence-corrected chi connectivity index (χ0v) is 10.0. The number of rotatable bonds is 4. The number of ether oxygens (including phenoxy) is 1. The van der Waals surface area contributed by atoms with Crippen LogP contribution >= 0.6 is 0 Å². The quantitative estimate of drug-likeness (QED) is 0.523. The van der Waals surface area contributed by atoms with Gasteiger partial charge in [0.15, 0.2) is 11.6 Å². The maximum Gasteiger partial charge on any atom is 0.159 e. The van der Waals surface area contributed by atoms with Crippen molar-refractivity contribution < 1.29 is 13.5 Å². The fourth-order valence-corrected chi connectivity index (χ4v) is 1.53. The van der Waals surface area contributed by atoms with Crippen LogP contribution in [0.1, 0.15) is 11.1 Å². The molecule has 0 bridgehead atoms. The van der Waals surface area contributed by atoms with E-state index in [0.29, 0.717) is 11.3 Å². The normalized spacial score (nSPS) is 10.8. The Balaban J connectivity index is 1.99. The van der Waals surface area contributed by atoms with E-state index in [1.165, 1.54) is 12.3 Å². The lowest BCUT2D eigenvalue weighted by Crippen LogP contribution is -1.97. The molecule has 0 aliphatic rings. The van der Waals surface area contributed by atoms with E-state index in [2.05, 4.69) is 5.10 Å². The fourth-order valence-electron chi connectivity index (χ4n) is 1.53. The van der Waals surface area contributed by atoms with Crippen molar-refractivity contribution in [3.63, 3.8) is 0 Å². The standard InChI is InChI=1S/C14H12F2N2O/c15-13-6-3-11(7-14(13)16)9-19-12-4-1-10(2-5-12)8-18-17/h1-8H,9,17H2. The molecule has 19 heavy (non-hydrogen) atoms. The van der Waals surface area contributed by atoms with Crippen LogP contribution in [0.25, 0.3) is 0 Å². The van der Waals surface area contributed by atoms with Gasteiger partial charge < -0.3 is 10.6 Å². The third-order valence-electron chi connectivity index (χ3n) is 2.49. The van der Waals surface area contributed by atoms with Crippen LogP contribution in [-0.2, 0) is 6.61 Å². The zero-order valence-electron chi connectivity index (χ0n) is 10.0. The Morgan fingerprint density at radius 1 is 1.05 bits per heavy atom. The minimum atomic E-state index is -0.879. The third-order valence-corrected chi connectivity index (χ3v) is 2.49. The minimum Gasteiger partial charge on any atom is -0.489 e. The average molecular weight is 262 g/mol. The second-order valence-corrected chi connectivity index (χ2v) is 3.88. The van der Waals surface area contributed by atoms with E-state index in [-0.39, 0.29) is 6.61 Å². The first-order chi connectivity index (χ1) is 9.19. The first-order valence-electron chi connectivity index (χ1n) is 5.59. The molecule has 0 spiro atoms. The van der Waals surface area contributed by atoms with Gasteiger partial charge in [0, 0.05) is 0 Å². The predicted octanol–water partition coefficient (Wildman–Crippen LogP) is 2.84. The molecule has 98 valence electrons. The molecule has 2 aromatic carbocycles. The van der Waals surface area contributed by atoms with Gasteiger partial charge in [-0.05, 0) is 47.5 Å². The molecule has 0 fully saturated rings. The van der Waals surface area contributed by atoms with Gasteiger partial charge in [-0.25, -0.2) is 8.78 Å². The Hall–Kier alpha value is -2.43. The first kappa shape index (κ1) is 13.0. The van der Waals surface area contributed by atoms with Gasteiger partial charge in [0.25, 0.3) is 0 Å². The summed E-state index contributed by atoms with van der Waals surface area (Å²) >= 11 is 0. The Kier molecular flexibility index (Phi) is 4.07. The van der Waals surface area contributed by atoms with E-state index in [1.54, 1.807) is 24.3 Å². The summed E-state index contributed by atoms with van der Waals surface area (Å²) in [5, 5.41) is 3.40. The molecule has 2 N–H and O–H groups in total. The maximum atomic E-state index is 13.0. The van der Waals surface area contributed by atoms with Gasteiger partial charge in [0.1, 0.15) is 12.4 Å². The lowest BCUT2D eigenvalue weighted by atomic mass is 10.2. The summed E-state index contributed by atoms with van der Waals surface area (Å²) in [6.07, 6.45) is 1.51. The van der Waals surface area contributed by atoms with Crippen molar-refractivity contribution in [2.75, 3.05) is 0 Å². The first-order valence-corrected chi connectivity index (χ1v) is 5.59. The van der Waals surface area contributed by atoms with Crippen molar-refractivity contribution in [3.8, 4) is 5.75 Å². The maximum absolute atomic E-state index is 13.0. The van der Waals surface area contributed by atoms with Crippen LogP contribution in [0, 0.1) is 11.6 Å². The second kappa shape index (κ2) is 5.95. The lowest BCUT2D eigenvalue weighted by Gasteiger charge is -2.06. The van der Waals surface area contributed by atoms with Crippen molar-refractivity contribution in [2.45, 2.75) is 6.61 Å². The third kappa shape index (κ3) is 3.51. The fraction of sp³-hybridized carbons (Fsp3) is 0.0714.